The smallest absolute Gasteiger partial charge is 0.338 e. The number of anilines is 1. The van der Waals surface area contributed by atoms with Crippen molar-refractivity contribution in [2.24, 2.45) is 29.1 Å². The third-order valence-electron chi connectivity index (χ3n) is 10.9. The van der Waals surface area contributed by atoms with Gasteiger partial charge in [0.2, 0.25) is 5.91 Å². The molecule has 4 aliphatic rings. The lowest BCUT2D eigenvalue weighted by Crippen LogP contribution is -2.63. The summed E-state index contributed by atoms with van der Waals surface area (Å²) in [4.78, 5) is 27.6. The number of nitrogens with zero attached hydrogens (tertiary/aromatic N) is 1. The molecule has 38 heavy (non-hydrogen) atoms. The van der Waals surface area contributed by atoms with Crippen LogP contribution in [0.1, 0.15) is 87.6 Å². The molecule has 1 saturated heterocycles. The van der Waals surface area contributed by atoms with Gasteiger partial charge in [0.1, 0.15) is 6.10 Å². The Morgan fingerprint density at radius 1 is 1.05 bits per heavy atom. The van der Waals surface area contributed by atoms with Crippen molar-refractivity contribution < 1.29 is 14.3 Å². The van der Waals surface area contributed by atoms with Crippen LogP contribution in [0.5, 0.6) is 0 Å². The number of ether oxygens (including phenoxy) is 1. The zero-order valence-corrected chi connectivity index (χ0v) is 24.8. The number of rotatable bonds is 7. The fourth-order valence-corrected chi connectivity index (χ4v) is 9.26. The summed E-state index contributed by atoms with van der Waals surface area (Å²) in [5, 5.41) is 3.37. The topological polar surface area (TPSA) is 58.6 Å². The van der Waals surface area contributed by atoms with E-state index in [4.69, 9.17) is 27.9 Å². The van der Waals surface area contributed by atoms with E-state index in [2.05, 4.69) is 24.1 Å². The fourth-order valence-electron chi connectivity index (χ4n) is 8.85. The first kappa shape index (κ1) is 28.1. The normalized spacial score (nSPS) is 36.3. The summed E-state index contributed by atoms with van der Waals surface area (Å²) in [5.41, 5.74) is 2.97. The minimum absolute atomic E-state index is 0.0218. The second kappa shape index (κ2) is 11.2. The molecule has 7 heteroatoms. The van der Waals surface area contributed by atoms with Gasteiger partial charge in [0, 0.05) is 42.5 Å². The zero-order valence-electron chi connectivity index (χ0n) is 23.2. The van der Waals surface area contributed by atoms with E-state index in [-0.39, 0.29) is 23.5 Å². The summed E-state index contributed by atoms with van der Waals surface area (Å²) < 4.78 is 6.16. The Morgan fingerprint density at radius 3 is 2.55 bits per heavy atom. The summed E-state index contributed by atoms with van der Waals surface area (Å²) in [7, 11) is 0. The highest BCUT2D eigenvalue weighted by Gasteiger charge is 2.58. The van der Waals surface area contributed by atoms with Crippen LogP contribution in [0.2, 0.25) is 0 Å². The SMILES string of the molecule is Cc1ccc(C(=O)O[C@@H]2CC[C@@]3(C)[C@@H](CC[C@@H]4[C@@H]3CC[C@]3(C)NC(=O)CC[C@@H]43)C2)cc1N(CCCl)CCCl. The summed E-state index contributed by atoms with van der Waals surface area (Å²) in [5.74, 6) is 3.61. The maximum atomic E-state index is 13.3. The number of benzene rings is 1. The van der Waals surface area contributed by atoms with Crippen LogP contribution in [0.25, 0.3) is 0 Å². The first-order valence-electron chi connectivity index (χ1n) is 14.7. The first-order valence-corrected chi connectivity index (χ1v) is 15.7. The van der Waals surface area contributed by atoms with Crippen molar-refractivity contribution >= 4 is 40.8 Å². The van der Waals surface area contributed by atoms with Crippen LogP contribution in [0.15, 0.2) is 18.2 Å². The maximum absolute atomic E-state index is 13.3. The van der Waals surface area contributed by atoms with Crippen LogP contribution in [0.3, 0.4) is 0 Å². The molecule has 4 fully saturated rings. The van der Waals surface area contributed by atoms with Gasteiger partial charge in [0.15, 0.2) is 0 Å². The molecule has 1 amide bonds. The molecule has 3 saturated carbocycles. The van der Waals surface area contributed by atoms with Gasteiger partial charge in [-0.25, -0.2) is 4.79 Å². The van der Waals surface area contributed by atoms with E-state index in [1.807, 2.05) is 25.1 Å². The van der Waals surface area contributed by atoms with Gasteiger partial charge in [-0.2, -0.15) is 0 Å². The van der Waals surface area contributed by atoms with Gasteiger partial charge in [-0.1, -0.05) is 13.0 Å². The lowest BCUT2D eigenvalue weighted by molar-refractivity contribution is -0.142. The molecule has 0 bridgehead atoms. The molecule has 210 valence electrons. The average molecular weight is 564 g/mol. The van der Waals surface area contributed by atoms with E-state index in [9.17, 15) is 9.59 Å². The molecule has 3 aliphatic carbocycles. The lowest BCUT2D eigenvalue weighted by Gasteiger charge is -2.62. The van der Waals surface area contributed by atoms with Gasteiger partial charge in [0.25, 0.3) is 0 Å². The summed E-state index contributed by atoms with van der Waals surface area (Å²) in [6.45, 7) is 8.23. The molecule has 0 unspecified atom stereocenters. The highest BCUT2D eigenvalue weighted by atomic mass is 35.5. The molecule has 1 heterocycles. The number of piperidine rings is 1. The van der Waals surface area contributed by atoms with Gasteiger partial charge in [-0.15, -0.1) is 23.2 Å². The van der Waals surface area contributed by atoms with Crippen LogP contribution >= 0.6 is 23.2 Å². The number of esters is 1. The van der Waals surface area contributed by atoms with Crippen molar-refractivity contribution in [1.82, 2.24) is 5.32 Å². The van der Waals surface area contributed by atoms with Gasteiger partial charge in [-0.05, 0) is 112 Å². The lowest BCUT2D eigenvalue weighted by atomic mass is 9.45. The fraction of sp³-hybridized carbons (Fsp3) is 0.742. The number of hydrogen-bond donors (Lipinski definition) is 1. The van der Waals surface area contributed by atoms with Crippen LogP contribution < -0.4 is 10.2 Å². The predicted octanol–water partition coefficient (Wildman–Crippen LogP) is 6.72. The van der Waals surface area contributed by atoms with Gasteiger partial charge in [0.05, 0.1) is 5.56 Å². The van der Waals surface area contributed by atoms with Crippen molar-refractivity contribution in [3.63, 3.8) is 0 Å². The molecule has 5 nitrogen and oxygen atoms in total. The van der Waals surface area contributed by atoms with Crippen LogP contribution in [-0.4, -0.2) is 48.4 Å². The summed E-state index contributed by atoms with van der Waals surface area (Å²) in [6.07, 6.45) is 9.43. The Morgan fingerprint density at radius 2 is 1.82 bits per heavy atom. The van der Waals surface area contributed by atoms with E-state index in [0.29, 0.717) is 65.9 Å². The number of aryl methyl sites for hydroxylation is 1. The van der Waals surface area contributed by atoms with Crippen LogP contribution in [-0.2, 0) is 9.53 Å². The van der Waals surface area contributed by atoms with Crippen molar-refractivity contribution in [3.8, 4) is 0 Å². The Labute approximate surface area is 238 Å². The van der Waals surface area contributed by atoms with E-state index in [1.165, 1.54) is 19.3 Å². The van der Waals surface area contributed by atoms with Crippen molar-refractivity contribution in [3.05, 3.63) is 29.3 Å². The number of carbonyl (C=O) groups is 2. The van der Waals surface area contributed by atoms with E-state index in [1.54, 1.807) is 0 Å². The number of alkyl halides is 2. The zero-order chi connectivity index (χ0) is 27.1. The molecular weight excluding hydrogens is 519 g/mol. The Balaban J connectivity index is 1.25. The number of nitrogens with one attached hydrogen (secondary N) is 1. The minimum Gasteiger partial charge on any atom is -0.459 e. The molecule has 0 spiro atoms. The quantitative estimate of drug-likeness (QED) is 0.296. The molecule has 1 aromatic carbocycles. The molecule has 1 aliphatic heterocycles. The van der Waals surface area contributed by atoms with Crippen LogP contribution in [0.4, 0.5) is 5.69 Å². The molecule has 1 N–H and O–H groups in total. The minimum atomic E-state index is -0.225. The molecule has 5 rings (SSSR count). The number of fused-ring (bicyclic) bond motifs is 5. The molecule has 7 atom stereocenters. The third-order valence-corrected chi connectivity index (χ3v) is 11.2. The molecule has 0 aromatic heterocycles. The largest absolute Gasteiger partial charge is 0.459 e. The monoisotopic (exact) mass is 562 g/mol. The second-order valence-electron chi connectivity index (χ2n) is 12.9. The highest BCUT2D eigenvalue weighted by molar-refractivity contribution is 6.18. The van der Waals surface area contributed by atoms with Crippen LogP contribution in [0, 0.1) is 36.0 Å². The molecular formula is C31H44Cl2N2O3. The standard InChI is InChI=1S/C31H44Cl2N2O3/c1-20-4-5-21(18-27(20)35(16-14-32)17-15-33)29(37)38-23-10-12-30(2)22(19-23)6-7-24-25(30)11-13-31(3)26(24)8-9-28(36)34-31/h4-5,18,22-26H,6-17,19H2,1-3H3,(H,34,36)/t22-,23+,24+,25-,26-,30-,31-/m0/s1. The Bertz CT molecular complexity index is 1040. The van der Waals surface area contributed by atoms with Gasteiger partial charge >= 0.3 is 5.97 Å². The van der Waals surface area contributed by atoms with Crippen molar-refractivity contribution in [2.45, 2.75) is 90.2 Å². The predicted molar refractivity (Wildman–Crippen MR) is 154 cm³/mol. The van der Waals surface area contributed by atoms with E-state index in [0.717, 1.165) is 43.4 Å². The number of carbonyl (C=O) groups excluding carboxylic acids is 2. The van der Waals surface area contributed by atoms with Crippen molar-refractivity contribution in [2.75, 3.05) is 29.7 Å². The number of hydrogen-bond acceptors (Lipinski definition) is 4. The average Bonchev–Trinajstić information content (AvgIpc) is 2.88. The molecule has 0 radical (unpaired) electrons. The third kappa shape index (κ3) is 5.19. The van der Waals surface area contributed by atoms with Gasteiger partial charge in [-0.3, -0.25) is 4.79 Å². The van der Waals surface area contributed by atoms with E-state index < -0.39 is 0 Å². The van der Waals surface area contributed by atoms with E-state index >= 15 is 0 Å². The number of amides is 1. The van der Waals surface area contributed by atoms with Gasteiger partial charge < -0.3 is 15.0 Å². The maximum Gasteiger partial charge on any atom is 0.338 e. The Kier molecular flexibility index (Phi) is 8.27. The second-order valence-corrected chi connectivity index (χ2v) is 13.6. The highest BCUT2D eigenvalue weighted by Crippen LogP contribution is 2.62. The first-order chi connectivity index (χ1) is 18.2. The summed E-state index contributed by atoms with van der Waals surface area (Å²) in [6, 6.07) is 5.81. The Hall–Kier alpha value is -1.46. The molecule has 1 aromatic rings. The summed E-state index contributed by atoms with van der Waals surface area (Å²) >= 11 is 12.1. The van der Waals surface area contributed by atoms with Crippen molar-refractivity contribution in [1.29, 1.82) is 0 Å². The number of halogens is 2.